The van der Waals surface area contributed by atoms with Crippen molar-refractivity contribution in [2.24, 2.45) is 10.5 Å². The lowest BCUT2D eigenvalue weighted by Gasteiger charge is -2.35. The molecule has 1 aromatic carbocycles. The van der Waals surface area contributed by atoms with Gasteiger partial charge in [0.2, 0.25) is 0 Å². The standard InChI is InChI=1S/C30H41F3N6O6.C2H4O2/c1-29(2,3)26(27(41)42)44-17-4-16-43-18-13-34-25(40)19-45-22-7-5-20(6-8-22)21-11-14-38(15-12-21)24-10-9-23-35-36-28(30(31,32)33)39(23)37-24;1-2(3)4/h5-8,21,26H,4,9-19H2,1-3H3,(H,34,40)(H,41,42);1H3,(H,3,4). The maximum atomic E-state index is 13.2. The number of alkyl halides is 3. The molecule has 1 aromatic heterocycles. The third kappa shape index (κ3) is 12.6. The molecule has 14 nitrogen and oxygen atoms in total. The zero-order valence-corrected chi connectivity index (χ0v) is 28.2. The molecule has 3 N–H and O–H groups in total. The number of piperidine rings is 1. The summed E-state index contributed by atoms with van der Waals surface area (Å²) in [7, 11) is 0. The fourth-order valence-electron chi connectivity index (χ4n) is 5.29. The van der Waals surface area contributed by atoms with Crippen LogP contribution in [0.1, 0.15) is 76.5 Å². The van der Waals surface area contributed by atoms with Gasteiger partial charge in [-0.1, -0.05) is 32.9 Å². The molecule has 1 fully saturated rings. The molecule has 49 heavy (non-hydrogen) atoms. The van der Waals surface area contributed by atoms with Gasteiger partial charge in [0.15, 0.2) is 18.5 Å². The number of nitrogens with zero attached hydrogens (tertiary/aromatic N) is 5. The molecule has 3 heterocycles. The van der Waals surface area contributed by atoms with Crippen molar-refractivity contribution in [1.29, 1.82) is 0 Å². The Hall–Kier alpha value is -4.25. The van der Waals surface area contributed by atoms with Crippen molar-refractivity contribution in [3.05, 3.63) is 41.5 Å². The third-order valence-corrected chi connectivity index (χ3v) is 7.62. The summed E-state index contributed by atoms with van der Waals surface area (Å²) in [6.45, 7) is 9.02. The number of carboxylic acids is 2. The highest BCUT2D eigenvalue weighted by Gasteiger charge is 2.40. The summed E-state index contributed by atoms with van der Waals surface area (Å²) in [5.41, 5.74) is 0.632. The van der Waals surface area contributed by atoms with Crippen LogP contribution in [0.5, 0.6) is 5.75 Å². The predicted molar refractivity (Wildman–Crippen MR) is 170 cm³/mol. The molecule has 4 rings (SSSR count). The zero-order valence-electron chi connectivity index (χ0n) is 28.2. The van der Waals surface area contributed by atoms with Crippen LogP contribution in [-0.2, 0) is 36.5 Å². The molecule has 2 aromatic rings. The summed E-state index contributed by atoms with van der Waals surface area (Å²) in [5, 5.41) is 30.6. The summed E-state index contributed by atoms with van der Waals surface area (Å²) in [5.74, 6) is -1.49. The molecule has 2 aliphatic heterocycles. The molecule has 17 heteroatoms. The van der Waals surface area contributed by atoms with Gasteiger partial charge in [0, 0.05) is 52.6 Å². The second-order valence-corrected chi connectivity index (χ2v) is 12.7. The van der Waals surface area contributed by atoms with Crippen molar-refractivity contribution in [2.45, 2.75) is 78.0 Å². The number of aliphatic carboxylic acids is 2. The van der Waals surface area contributed by atoms with Crippen molar-refractivity contribution < 1.29 is 52.0 Å². The van der Waals surface area contributed by atoms with Crippen LogP contribution in [-0.4, -0.2) is 106 Å². The van der Waals surface area contributed by atoms with Crippen LogP contribution < -0.4 is 10.1 Å². The van der Waals surface area contributed by atoms with Crippen molar-refractivity contribution in [3.8, 4) is 5.75 Å². The summed E-state index contributed by atoms with van der Waals surface area (Å²) < 4.78 is 57.1. The summed E-state index contributed by atoms with van der Waals surface area (Å²) >= 11 is 0. The zero-order chi connectivity index (χ0) is 36.2. The van der Waals surface area contributed by atoms with Gasteiger partial charge in [-0.2, -0.15) is 22.9 Å². The topological polar surface area (TPSA) is 178 Å². The number of fused-ring (bicyclic) bond motifs is 1. The molecule has 1 saturated heterocycles. The normalized spacial score (nSPS) is 15.7. The number of amides is 1. The SMILES string of the molecule is CC(=O)O.CC(C)(C)C(OCCCOCCNC(=O)COc1ccc(C2CCN(C3=Nn4c(nnc4C(F)(F)F)CC3)CC2)cc1)C(=O)O. The Morgan fingerprint density at radius 3 is 2.24 bits per heavy atom. The second-order valence-electron chi connectivity index (χ2n) is 12.7. The number of aromatic nitrogens is 3. The van der Waals surface area contributed by atoms with E-state index >= 15 is 0 Å². The number of ether oxygens (including phenoxy) is 3. The Bertz CT molecular complexity index is 1410. The molecule has 1 amide bonds. The number of carboxylic acid groups (broad SMARTS) is 2. The van der Waals surface area contributed by atoms with Crippen LogP contribution in [0.3, 0.4) is 0 Å². The number of aryl methyl sites for hydroxylation is 1. The highest BCUT2D eigenvalue weighted by atomic mass is 19.4. The van der Waals surface area contributed by atoms with Crippen LogP contribution in [0.4, 0.5) is 13.2 Å². The maximum Gasteiger partial charge on any atom is 0.453 e. The summed E-state index contributed by atoms with van der Waals surface area (Å²) in [6, 6.07) is 7.60. The van der Waals surface area contributed by atoms with Gasteiger partial charge in [-0.25, -0.2) is 4.79 Å². The smallest absolute Gasteiger partial charge is 0.453 e. The highest BCUT2D eigenvalue weighted by Crippen LogP contribution is 2.32. The van der Waals surface area contributed by atoms with Gasteiger partial charge in [-0.15, -0.1) is 10.2 Å². The van der Waals surface area contributed by atoms with Crippen LogP contribution >= 0.6 is 0 Å². The largest absolute Gasteiger partial charge is 0.484 e. The predicted octanol–water partition coefficient (Wildman–Crippen LogP) is 3.79. The van der Waals surface area contributed by atoms with Crippen molar-refractivity contribution in [3.63, 3.8) is 0 Å². The number of hydrogen-bond donors (Lipinski definition) is 3. The van der Waals surface area contributed by atoms with Crippen LogP contribution in [0.15, 0.2) is 29.4 Å². The van der Waals surface area contributed by atoms with Gasteiger partial charge in [0.1, 0.15) is 11.6 Å². The number of likely N-dealkylation sites (tertiary alicyclic amines) is 1. The van der Waals surface area contributed by atoms with E-state index in [4.69, 9.17) is 24.1 Å². The van der Waals surface area contributed by atoms with Gasteiger partial charge in [-0.05, 0) is 48.3 Å². The highest BCUT2D eigenvalue weighted by molar-refractivity contribution is 5.83. The first-order chi connectivity index (χ1) is 23.1. The van der Waals surface area contributed by atoms with Crippen LogP contribution in [0, 0.1) is 5.41 Å². The molecule has 1 unspecified atom stereocenters. The minimum atomic E-state index is -4.61. The number of halogens is 3. The van der Waals surface area contributed by atoms with E-state index in [1.807, 2.05) is 49.9 Å². The molecule has 0 radical (unpaired) electrons. The molecule has 0 aliphatic carbocycles. The molecule has 272 valence electrons. The molecule has 0 bridgehead atoms. The number of nitrogens with one attached hydrogen (secondary N) is 1. The number of amidine groups is 1. The number of benzene rings is 1. The summed E-state index contributed by atoms with van der Waals surface area (Å²) in [6.07, 6.45) is -2.41. The van der Waals surface area contributed by atoms with Crippen molar-refractivity contribution in [1.82, 2.24) is 25.1 Å². The summed E-state index contributed by atoms with van der Waals surface area (Å²) in [4.78, 5) is 34.5. The third-order valence-electron chi connectivity index (χ3n) is 7.62. The Morgan fingerprint density at radius 2 is 1.65 bits per heavy atom. The van der Waals surface area contributed by atoms with E-state index in [0.29, 0.717) is 69.6 Å². The second kappa shape index (κ2) is 17.9. The Balaban J connectivity index is 0.00000154. The first-order valence-corrected chi connectivity index (χ1v) is 16.0. The average molecular weight is 699 g/mol. The van der Waals surface area contributed by atoms with Crippen molar-refractivity contribution >= 4 is 23.7 Å². The van der Waals surface area contributed by atoms with Gasteiger partial charge in [0.05, 0.1) is 6.61 Å². The monoisotopic (exact) mass is 698 g/mol. The van der Waals surface area contributed by atoms with Gasteiger partial charge in [-0.3, -0.25) is 9.59 Å². The Kier molecular flexibility index (Phi) is 14.4. The van der Waals surface area contributed by atoms with E-state index < -0.39 is 35.5 Å². The van der Waals surface area contributed by atoms with E-state index in [-0.39, 0.29) is 24.9 Å². The van der Waals surface area contributed by atoms with Gasteiger partial charge >= 0.3 is 12.1 Å². The minimum absolute atomic E-state index is 0.138. The fraction of sp³-hybridized carbons (Fsp3) is 0.625. The number of hydrogen-bond acceptors (Lipinski definition) is 10. The lowest BCUT2D eigenvalue weighted by atomic mass is 9.89. The van der Waals surface area contributed by atoms with Gasteiger partial charge < -0.3 is 34.6 Å². The molecule has 0 saturated carbocycles. The quantitative estimate of drug-likeness (QED) is 0.259. The maximum absolute atomic E-state index is 13.2. The van der Waals surface area contributed by atoms with E-state index in [1.165, 1.54) is 0 Å². The van der Waals surface area contributed by atoms with E-state index in [1.54, 1.807) is 0 Å². The number of rotatable bonds is 13. The van der Waals surface area contributed by atoms with E-state index in [0.717, 1.165) is 30.0 Å². The molecule has 1 atom stereocenters. The molecule has 0 spiro atoms. The minimum Gasteiger partial charge on any atom is -0.484 e. The first-order valence-electron chi connectivity index (χ1n) is 16.0. The average Bonchev–Trinajstić information content (AvgIpc) is 3.47. The lowest BCUT2D eigenvalue weighted by molar-refractivity contribution is -0.158. The van der Waals surface area contributed by atoms with Crippen molar-refractivity contribution in [2.75, 3.05) is 46.1 Å². The fourth-order valence-corrected chi connectivity index (χ4v) is 5.29. The lowest BCUT2D eigenvalue weighted by Crippen LogP contribution is -2.40. The molecule has 2 aliphatic rings. The van der Waals surface area contributed by atoms with Gasteiger partial charge in [0.25, 0.3) is 17.7 Å². The Morgan fingerprint density at radius 1 is 1.00 bits per heavy atom. The Labute approximate surface area is 282 Å². The first kappa shape index (κ1) is 39.2. The van der Waals surface area contributed by atoms with Crippen LogP contribution in [0.25, 0.3) is 0 Å². The van der Waals surface area contributed by atoms with E-state index in [9.17, 15) is 27.9 Å². The number of carbonyl (C=O) groups is 3. The molecular weight excluding hydrogens is 653 g/mol. The van der Waals surface area contributed by atoms with E-state index in [2.05, 4.69) is 20.6 Å². The molecular formula is C32H45F3N6O8. The van der Waals surface area contributed by atoms with Crippen LogP contribution in [0.2, 0.25) is 0 Å². The number of carbonyl (C=O) groups excluding carboxylic acids is 1.